The van der Waals surface area contributed by atoms with Gasteiger partial charge in [0.05, 0.1) is 0 Å². The maximum Gasteiger partial charge on any atom is 0.136 e. The van der Waals surface area contributed by atoms with Crippen molar-refractivity contribution >= 4 is 0 Å². The number of halogens is 1. The molecule has 2 aromatic carbocycles. The Morgan fingerprint density at radius 1 is 0.964 bits per heavy atom. The summed E-state index contributed by atoms with van der Waals surface area (Å²) in [7, 11) is 0. The lowest BCUT2D eigenvalue weighted by molar-refractivity contribution is -0.00663. The van der Waals surface area contributed by atoms with E-state index in [2.05, 4.69) is 52.2 Å². The Kier molecular flexibility index (Phi) is 4.44. The summed E-state index contributed by atoms with van der Waals surface area (Å²) in [5, 5.41) is 0. The predicted molar refractivity (Wildman–Crippen MR) is 108 cm³/mol. The second-order valence-electron chi connectivity index (χ2n) is 7.96. The highest BCUT2D eigenvalue weighted by atomic mass is 19.1. The lowest BCUT2D eigenvalue weighted by Crippen LogP contribution is -2.51. The molecule has 1 aromatic heterocycles. The maximum absolute atomic E-state index is 14.0. The molecule has 144 valence electrons. The van der Waals surface area contributed by atoms with Crippen molar-refractivity contribution in [2.24, 2.45) is 0 Å². The molecule has 0 amide bonds. The van der Waals surface area contributed by atoms with Crippen molar-refractivity contribution in [1.82, 2.24) is 9.47 Å². The van der Waals surface area contributed by atoms with Crippen LogP contribution in [0.2, 0.25) is 0 Å². The molecular weight excluding hydrogens is 351 g/mol. The molecule has 1 spiro atoms. The van der Waals surface area contributed by atoms with Gasteiger partial charge in [-0.2, -0.15) is 0 Å². The molecule has 0 aliphatic carbocycles. The van der Waals surface area contributed by atoms with Gasteiger partial charge in [0.2, 0.25) is 0 Å². The highest BCUT2D eigenvalue weighted by Crippen LogP contribution is 2.50. The fourth-order valence-electron chi connectivity index (χ4n) is 4.80. The van der Waals surface area contributed by atoms with E-state index in [-0.39, 0.29) is 17.5 Å². The summed E-state index contributed by atoms with van der Waals surface area (Å²) in [6.45, 7) is 3.07. The topological polar surface area (TPSA) is 17.4 Å². The van der Waals surface area contributed by atoms with Gasteiger partial charge < -0.3 is 14.2 Å². The van der Waals surface area contributed by atoms with Gasteiger partial charge >= 0.3 is 0 Å². The van der Waals surface area contributed by atoms with Crippen molar-refractivity contribution in [3.63, 3.8) is 0 Å². The van der Waals surface area contributed by atoms with E-state index in [0.717, 1.165) is 50.2 Å². The molecular formula is C24H25FN2O. The van der Waals surface area contributed by atoms with Gasteiger partial charge in [0.25, 0.3) is 0 Å². The lowest BCUT2D eigenvalue weighted by atomic mass is 9.82. The van der Waals surface area contributed by atoms with E-state index in [1.54, 1.807) is 12.1 Å². The fraction of sp³-hybridized carbons (Fsp3) is 0.333. The molecule has 3 nitrogen and oxygen atoms in total. The molecule has 0 saturated carbocycles. The standard InChI is InChI=1S/C24H25FN2O/c25-20-8-9-22-21(18-20)23(27-13-4-5-14-27)24(28-22)11-16-26(17-12-24)15-10-19-6-2-1-3-7-19/h1-9,13-14,18,23H,10-12,15-17H2. The number of likely N-dealkylation sites (tertiary alicyclic amines) is 1. The third kappa shape index (κ3) is 3.12. The van der Waals surface area contributed by atoms with E-state index in [9.17, 15) is 4.39 Å². The Balaban J connectivity index is 1.34. The minimum absolute atomic E-state index is 0.0319. The van der Waals surface area contributed by atoms with Crippen LogP contribution in [0.25, 0.3) is 0 Å². The van der Waals surface area contributed by atoms with Crippen molar-refractivity contribution in [2.75, 3.05) is 19.6 Å². The van der Waals surface area contributed by atoms with Crippen LogP contribution < -0.4 is 4.74 Å². The summed E-state index contributed by atoms with van der Waals surface area (Å²) in [6.07, 6.45) is 7.10. The molecule has 3 heterocycles. The van der Waals surface area contributed by atoms with E-state index in [1.165, 1.54) is 11.6 Å². The van der Waals surface area contributed by atoms with E-state index in [4.69, 9.17) is 4.74 Å². The largest absolute Gasteiger partial charge is 0.484 e. The van der Waals surface area contributed by atoms with Crippen LogP contribution >= 0.6 is 0 Å². The molecule has 0 bridgehead atoms. The summed E-state index contributed by atoms with van der Waals surface area (Å²) in [4.78, 5) is 2.53. The summed E-state index contributed by atoms with van der Waals surface area (Å²) < 4.78 is 22.7. The van der Waals surface area contributed by atoms with Gasteiger partial charge in [0, 0.05) is 50.4 Å². The van der Waals surface area contributed by atoms with Crippen LogP contribution in [0.3, 0.4) is 0 Å². The minimum Gasteiger partial charge on any atom is -0.484 e. The highest BCUT2D eigenvalue weighted by molar-refractivity contribution is 5.44. The van der Waals surface area contributed by atoms with Gasteiger partial charge in [0.15, 0.2) is 0 Å². The first-order valence-electron chi connectivity index (χ1n) is 10.1. The van der Waals surface area contributed by atoms with Crippen molar-refractivity contribution in [1.29, 1.82) is 0 Å². The Morgan fingerprint density at radius 3 is 2.46 bits per heavy atom. The number of hydrogen-bond donors (Lipinski definition) is 0. The monoisotopic (exact) mass is 376 g/mol. The fourth-order valence-corrected chi connectivity index (χ4v) is 4.80. The van der Waals surface area contributed by atoms with E-state index >= 15 is 0 Å². The molecule has 1 fully saturated rings. The van der Waals surface area contributed by atoms with Gasteiger partial charge in [-0.1, -0.05) is 30.3 Å². The third-order valence-corrected chi connectivity index (χ3v) is 6.27. The van der Waals surface area contributed by atoms with Crippen LogP contribution in [0.15, 0.2) is 73.1 Å². The maximum atomic E-state index is 14.0. The van der Waals surface area contributed by atoms with Crippen molar-refractivity contribution in [3.8, 4) is 5.75 Å². The van der Waals surface area contributed by atoms with Crippen LogP contribution in [0.1, 0.15) is 30.0 Å². The summed E-state index contributed by atoms with van der Waals surface area (Å²) in [5.74, 6) is 0.634. The van der Waals surface area contributed by atoms with E-state index in [0.29, 0.717) is 0 Å². The van der Waals surface area contributed by atoms with Gasteiger partial charge in [0.1, 0.15) is 23.2 Å². The lowest BCUT2D eigenvalue weighted by Gasteiger charge is -2.42. The summed E-state index contributed by atoms with van der Waals surface area (Å²) >= 11 is 0. The van der Waals surface area contributed by atoms with E-state index in [1.807, 2.05) is 12.1 Å². The molecule has 5 rings (SSSR count). The first kappa shape index (κ1) is 17.5. The van der Waals surface area contributed by atoms with Crippen LogP contribution in [0.4, 0.5) is 4.39 Å². The molecule has 28 heavy (non-hydrogen) atoms. The zero-order chi connectivity index (χ0) is 19.0. The SMILES string of the molecule is Fc1ccc2c(c1)C(n1cccc1)C1(CCN(CCc3ccccc3)CC1)O2. The second-order valence-corrected chi connectivity index (χ2v) is 7.96. The van der Waals surface area contributed by atoms with Gasteiger partial charge in [-0.05, 0) is 42.3 Å². The second kappa shape index (κ2) is 7.10. The van der Waals surface area contributed by atoms with Gasteiger partial charge in [-0.25, -0.2) is 4.39 Å². The molecule has 0 radical (unpaired) electrons. The molecule has 3 aromatic rings. The quantitative estimate of drug-likeness (QED) is 0.657. The molecule has 1 saturated heterocycles. The van der Waals surface area contributed by atoms with Crippen molar-refractivity contribution in [2.45, 2.75) is 30.9 Å². The van der Waals surface area contributed by atoms with Crippen LogP contribution in [-0.4, -0.2) is 34.7 Å². The van der Waals surface area contributed by atoms with E-state index < -0.39 is 0 Å². The molecule has 0 N–H and O–H groups in total. The van der Waals surface area contributed by atoms with Gasteiger partial charge in [-0.15, -0.1) is 0 Å². The Hall–Kier alpha value is -2.59. The van der Waals surface area contributed by atoms with Crippen LogP contribution in [0, 0.1) is 5.82 Å². The number of rotatable bonds is 4. The average molecular weight is 376 g/mol. The number of benzene rings is 2. The first-order chi connectivity index (χ1) is 13.7. The third-order valence-electron chi connectivity index (χ3n) is 6.27. The van der Waals surface area contributed by atoms with Crippen LogP contribution in [0.5, 0.6) is 5.75 Å². The number of aromatic nitrogens is 1. The normalized spacial score (nSPS) is 20.8. The van der Waals surface area contributed by atoms with Crippen molar-refractivity contribution in [3.05, 3.63) is 90.0 Å². The van der Waals surface area contributed by atoms with Crippen molar-refractivity contribution < 1.29 is 9.13 Å². The summed E-state index contributed by atoms with van der Waals surface area (Å²) in [6, 6.07) is 19.7. The Bertz CT molecular complexity index is 931. The predicted octanol–water partition coefficient (Wildman–Crippen LogP) is 4.69. The smallest absolute Gasteiger partial charge is 0.136 e. The number of ether oxygens (including phenoxy) is 1. The summed E-state index contributed by atoms with van der Waals surface area (Å²) in [5.41, 5.74) is 2.06. The molecule has 1 unspecified atom stereocenters. The van der Waals surface area contributed by atoms with Gasteiger partial charge in [-0.3, -0.25) is 0 Å². The molecule has 2 aliphatic rings. The Labute approximate surface area is 165 Å². The highest BCUT2D eigenvalue weighted by Gasteiger charge is 2.50. The number of nitrogens with zero attached hydrogens (tertiary/aromatic N) is 2. The molecule has 1 atom stereocenters. The molecule has 2 aliphatic heterocycles. The minimum atomic E-state index is -0.293. The average Bonchev–Trinajstić information content (AvgIpc) is 3.34. The number of fused-ring (bicyclic) bond motifs is 1. The Morgan fingerprint density at radius 2 is 1.71 bits per heavy atom. The first-order valence-corrected chi connectivity index (χ1v) is 10.1. The van der Waals surface area contributed by atoms with Crippen LogP contribution in [-0.2, 0) is 6.42 Å². The zero-order valence-corrected chi connectivity index (χ0v) is 15.9. The zero-order valence-electron chi connectivity index (χ0n) is 15.9. The number of hydrogen-bond acceptors (Lipinski definition) is 2. The molecule has 4 heteroatoms. The number of piperidine rings is 1.